The van der Waals surface area contributed by atoms with E-state index in [2.05, 4.69) is 252 Å². The SMILES string of the molecule is c1ccc(-c2ccc(-c3cc4cc5c(cc(-c6ccc(-c7ccccc7)cc6)n5-c5ccc(-c6ccccc6)cc5)cc4n3-c3ccc(-c4ccccc4)cc3)cc2)cc1. The molecule has 2 heterocycles. The molecule has 11 rings (SSSR count). The molecule has 2 nitrogen and oxygen atoms in total. The lowest BCUT2D eigenvalue weighted by Crippen LogP contribution is -1.98. The fourth-order valence-electron chi connectivity index (χ4n) is 8.69. The highest BCUT2D eigenvalue weighted by Gasteiger charge is 2.19. The van der Waals surface area contributed by atoms with E-state index in [4.69, 9.17) is 0 Å². The highest BCUT2D eigenvalue weighted by atomic mass is 15.0. The number of rotatable bonds is 8. The van der Waals surface area contributed by atoms with Crippen LogP contribution in [0.25, 0.3) is 100 Å². The van der Waals surface area contributed by atoms with Gasteiger partial charge in [-0.15, -0.1) is 0 Å². The highest BCUT2D eigenvalue weighted by Crippen LogP contribution is 2.40. The van der Waals surface area contributed by atoms with Gasteiger partial charge in [-0.3, -0.25) is 0 Å². The molecule has 0 saturated carbocycles. The number of aromatic nitrogens is 2. The molecule has 0 bridgehead atoms. The van der Waals surface area contributed by atoms with Crippen LogP contribution < -0.4 is 0 Å². The molecule has 0 N–H and O–H groups in total. The molecule has 0 aliphatic rings. The normalized spacial score (nSPS) is 11.3. The van der Waals surface area contributed by atoms with Crippen molar-refractivity contribution < 1.29 is 0 Å². The standard InChI is InChI=1S/C58H40N2/c1-5-13-41(14-6-1)45-21-25-49(26-22-45)55-37-51-39-58-52(40-57(51)59(55)53-33-29-47(30-34-53)43-17-9-3-10-18-43)38-56(50-27-23-46(24-28-50)42-15-7-2-8-16-42)60(58)54-35-31-48(32-36-54)44-19-11-4-12-20-44/h1-40H. The van der Waals surface area contributed by atoms with Gasteiger partial charge in [-0.25, -0.2) is 0 Å². The number of hydrogen-bond donors (Lipinski definition) is 0. The van der Waals surface area contributed by atoms with Crippen molar-refractivity contribution in [3.8, 4) is 78.4 Å². The molecule has 0 amide bonds. The molecule has 9 aromatic carbocycles. The number of hydrogen-bond acceptors (Lipinski definition) is 0. The van der Waals surface area contributed by atoms with Gasteiger partial charge in [0, 0.05) is 22.1 Å². The van der Waals surface area contributed by atoms with E-state index in [1.807, 2.05) is 0 Å². The quantitative estimate of drug-likeness (QED) is 0.146. The fraction of sp³-hybridized carbons (Fsp3) is 0. The van der Waals surface area contributed by atoms with Gasteiger partial charge in [0.15, 0.2) is 0 Å². The molecule has 2 heteroatoms. The van der Waals surface area contributed by atoms with Crippen LogP contribution >= 0.6 is 0 Å². The average Bonchev–Trinajstić information content (AvgIpc) is 3.90. The molecule has 0 aliphatic carbocycles. The maximum Gasteiger partial charge on any atom is 0.0542 e. The van der Waals surface area contributed by atoms with Gasteiger partial charge < -0.3 is 9.13 Å². The number of fused-ring (bicyclic) bond motifs is 2. The Balaban J connectivity index is 1.10. The summed E-state index contributed by atoms with van der Waals surface area (Å²) in [4.78, 5) is 0. The zero-order valence-electron chi connectivity index (χ0n) is 33.0. The van der Waals surface area contributed by atoms with Crippen LogP contribution in [-0.4, -0.2) is 9.13 Å². The second-order valence-corrected chi connectivity index (χ2v) is 15.4. The summed E-state index contributed by atoms with van der Waals surface area (Å²) in [7, 11) is 0. The summed E-state index contributed by atoms with van der Waals surface area (Å²) in [6.45, 7) is 0. The molecule has 0 saturated heterocycles. The Morgan fingerprint density at radius 3 is 0.717 bits per heavy atom. The summed E-state index contributed by atoms with van der Waals surface area (Å²) in [6.07, 6.45) is 0. The monoisotopic (exact) mass is 764 g/mol. The van der Waals surface area contributed by atoms with Gasteiger partial charge in [-0.2, -0.15) is 0 Å². The van der Waals surface area contributed by atoms with Gasteiger partial charge in [0.2, 0.25) is 0 Å². The summed E-state index contributed by atoms with van der Waals surface area (Å²) >= 11 is 0. The van der Waals surface area contributed by atoms with Gasteiger partial charge in [0.1, 0.15) is 0 Å². The minimum Gasteiger partial charge on any atom is -0.309 e. The van der Waals surface area contributed by atoms with Crippen LogP contribution in [0.15, 0.2) is 243 Å². The van der Waals surface area contributed by atoms with Crippen LogP contribution in [0.3, 0.4) is 0 Å². The van der Waals surface area contributed by atoms with E-state index in [1.165, 1.54) is 77.4 Å². The Bertz CT molecular complexity index is 2990. The van der Waals surface area contributed by atoms with E-state index in [0.29, 0.717) is 0 Å². The topological polar surface area (TPSA) is 9.86 Å². The molecule has 0 fully saturated rings. The van der Waals surface area contributed by atoms with Crippen molar-refractivity contribution in [3.63, 3.8) is 0 Å². The Labute approximate surface area is 350 Å². The minimum absolute atomic E-state index is 1.12. The molecular formula is C58H40N2. The van der Waals surface area contributed by atoms with Crippen LogP contribution in [0.1, 0.15) is 0 Å². The molecule has 2 aromatic heterocycles. The first-order valence-corrected chi connectivity index (χ1v) is 20.6. The van der Waals surface area contributed by atoms with E-state index in [-0.39, 0.29) is 0 Å². The largest absolute Gasteiger partial charge is 0.309 e. The van der Waals surface area contributed by atoms with E-state index in [1.54, 1.807) is 0 Å². The molecular weight excluding hydrogens is 725 g/mol. The Morgan fingerprint density at radius 2 is 0.433 bits per heavy atom. The summed E-state index contributed by atoms with van der Waals surface area (Å²) < 4.78 is 4.86. The molecule has 0 unspecified atom stereocenters. The Morgan fingerprint density at radius 1 is 0.200 bits per heavy atom. The van der Waals surface area contributed by atoms with E-state index >= 15 is 0 Å². The fourth-order valence-corrected chi connectivity index (χ4v) is 8.69. The molecule has 0 aliphatic heterocycles. The van der Waals surface area contributed by atoms with Crippen molar-refractivity contribution in [2.24, 2.45) is 0 Å². The molecule has 0 radical (unpaired) electrons. The lowest BCUT2D eigenvalue weighted by atomic mass is 10.0. The third kappa shape index (κ3) is 6.51. The third-order valence-corrected chi connectivity index (χ3v) is 11.8. The second kappa shape index (κ2) is 15.1. The lowest BCUT2D eigenvalue weighted by Gasteiger charge is -2.14. The molecule has 282 valence electrons. The van der Waals surface area contributed by atoms with Crippen molar-refractivity contribution in [2.75, 3.05) is 0 Å². The van der Waals surface area contributed by atoms with Crippen molar-refractivity contribution in [3.05, 3.63) is 243 Å². The Kier molecular flexibility index (Phi) is 8.87. The first-order valence-electron chi connectivity index (χ1n) is 20.6. The number of benzene rings is 9. The van der Waals surface area contributed by atoms with E-state index < -0.39 is 0 Å². The summed E-state index contributed by atoms with van der Waals surface area (Å²) in [5, 5.41) is 2.37. The van der Waals surface area contributed by atoms with E-state index in [9.17, 15) is 0 Å². The van der Waals surface area contributed by atoms with Gasteiger partial charge >= 0.3 is 0 Å². The average molecular weight is 765 g/mol. The van der Waals surface area contributed by atoms with Crippen molar-refractivity contribution in [1.29, 1.82) is 0 Å². The molecule has 60 heavy (non-hydrogen) atoms. The third-order valence-electron chi connectivity index (χ3n) is 11.8. The number of nitrogens with zero attached hydrogens (tertiary/aromatic N) is 2. The first-order chi connectivity index (χ1) is 29.7. The zero-order chi connectivity index (χ0) is 39.8. The van der Waals surface area contributed by atoms with Gasteiger partial charge in [-0.1, -0.05) is 194 Å². The van der Waals surface area contributed by atoms with E-state index in [0.717, 1.165) is 22.8 Å². The van der Waals surface area contributed by atoms with Gasteiger partial charge in [0.05, 0.1) is 22.4 Å². The van der Waals surface area contributed by atoms with Crippen molar-refractivity contribution >= 4 is 21.8 Å². The van der Waals surface area contributed by atoms with Crippen molar-refractivity contribution in [2.45, 2.75) is 0 Å². The van der Waals surface area contributed by atoms with Gasteiger partial charge in [-0.05, 0) is 104 Å². The van der Waals surface area contributed by atoms with Crippen LogP contribution in [0.4, 0.5) is 0 Å². The molecule has 0 atom stereocenters. The smallest absolute Gasteiger partial charge is 0.0542 e. The van der Waals surface area contributed by atoms with Gasteiger partial charge in [0.25, 0.3) is 0 Å². The Hall–Kier alpha value is -7.94. The first kappa shape index (κ1) is 35.2. The zero-order valence-corrected chi connectivity index (χ0v) is 33.0. The second-order valence-electron chi connectivity index (χ2n) is 15.4. The maximum atomic E-state index is 2.43. The maximum absolute atomic E-state index is 2.43. The summed E-state index contributed by atoms with van der Waals surface area (Å²) in [6, 6.07) is 87.9. The van der Waals surface area contributed by atoms with Crippen LogP contribution in [0, 0.1) is 0 Å². The summed E-state index contributed by atoms with van der Waals surface area (Å²) in [5.41, 5.74) is 18.9. The predicted molar refractivity (Wildman–Crippen MR) is 253 cm³/mol. The minimum atomic E-state index is 1.12. The predicted octanol–water partition coefficient (Wildman–Crippen LogP) is 15.6. The highest BCUT2D eigenvalue weighted by molar-refractivity contribution is 6.02. The lowest BCUT2D eigenvalue weighted by molar-refractivity contribution is 1.13. The van der Waals surface area contributed by atoms with Crippen LogP contribution in [-0.2, 0) is 0 Å². The van der Waals surface area contributed by atoms with Crippen LogP contribution in [0.2, 0.25) is 0 Å². The van der Waals surface area contributed by atoms with Crippen LogP contribution in [0.5, 0.6) is 0 Å². The summed E-state index contributed by atoms with van der Waals surface area (Å²) in [5.74, 6) is 0. The molecule has 0 spiro atoms. The van der Waals surface area contributed by atoms with Crippen molar-refractivity contribution in [1.82, 2.24) is 9.13 Å². The molecule has 11 aromatic rings.